The summed E-state index contributed by atoms with van der Waals surface area (Å²) in [5.74, 6) is 0.102. The molecule has 25 heavy (non-hydrogen) atoms. The smallest absolute Gasteiger partial charge is 0.219 e. The second-order valence-electron chi connectivity index (χ2n) is 7.58. The van der Waals surface area contributed by atoms with Gasteiger partial charge in [0, 0.05) is 26.6 Å². The van der Waals surface area contributed by atoms with Crippen LogP contribution in [0.4, 0.5) is 0 Å². The van der Waals surface area contributed by atoms with E-state index in [2.05, 4.69) is 37.4 Å². The highest BCUT2D eigenvalue weighted by atomic mass is 16.6. The molecule has 0 radical (unpaired) electrons. The minimum atomic E-state index is -0.325. The lowest BCUT2D eigenvalue weighted by atomic mass is 10.00. The van der Waals surface area contributed by atoms with Crippen molar-refractivity contribution in [1.82, 2.24) is 10.2 Å². The Kier molecular flexibility index (Phi) is 5.77. The van der Waals surface area contributed by atoms with Crippen molar-refractivity contribution >= 4 is 5.91 Å². The number of amides is 1. The van der Waals surface area contributed by atoms with Crippen molar-refractivity contribution in [3.63, 3.8) is 0 Å². The van der Waals surface area contributed by atoms with Crippen LogP contribution in [-0.2, 0) is 20.8 Å². The lowest BCUT2D eigenvalue weighted by molar-refractivity contribution is -0.133. The molecule has 2 atom stereocenters. The van der Waals surface area contributed by atoms with Crippen LogP contribution in [0.1, 0.15) is 36.5 Å². The van der Waals surface area contributed by atoms with Crippen molar-refractivity contribution in [3.05, 3.63) is 34.9 Å². The Hall–Kier alpha value is -1.43. The molecule has 0 aliphatic carbocycles. The molecule has 2 aliphatic rings. The molecule has 2 fully saturated rings. The summed E-state index contributed by atoms with van der Waals surface area (Å²) in [4.78, 5) is 13.6. The summed E-state index contributed by atoms with van der Waals surface area (Å²) in [6.07, 6.45) is 2.14. The maximum Gasteiger partial charge on any atom is 0.219 e. The number of hydrogen-bond donors (Lipinski definition) is 1. The molecule has 2 aliphatic heterocycles. The van der Waals surface area contributed by atoms with Crippen molar-refractivity contribution < 1.29 is 14.3 Å². The zero-order chi connectivity index (χ0) is 17.9. The van der Waals surface area contributed by atoms with Gasteiger partial charge in [-0.1, -0.05) is 29.3 Å². The molecular formula is C20H30N2O3. The van der Waals surface area contributed by atoms with Crippen molar-refractivity contribution in [2.45, 2.75) is 51.9 Å². The monoisotopic (exact) mass is 346 g/mol. The fourth-order valence-corrected chi connectivity index (χ4v) is 3.98. The number of carbonyl (C=O) groups is 1. The molecule has 3 rings (SSSR count). The topological polar surface area (TPSA) is 50.8 Å². The number of aryl methyl sites for hydroxylation is 2. The molecule has 0 saturated carbocycles. The standard InChI is InChI=1S/C20H30N2O3/c1-15-8-16(2)10-18(9-15)11-21-12-19-4-5-20(25-19)13-22(17(3)23)6-7-24-14-20/h8-10,19,21H,4-7,11-14H2,1-3H3/t19-,20+/m1/s1. The lowest BCUT2D eigenvalue weighted by Gasteiger charge is -2.31. The van der Waals surface area contributed by atoms with Crippen LogP contribution >= 0.6 is 0 Å². The predicted octanol–water partition coefficient (Wildman–Crippen LogP) is 2.19. The summed E-state index contributed by atoms with van der Waals surface area (Å²) < 4.78 is 12.1. The van der Waals surface area contributed by atoms with Gasteiger partial charge < -0.3 is 19.7 Å². The third kappa shape index (κ3) is 4.81. The Balaban J connectivity index is 1.51. The van der Waals surface area contributed by atoms with Crippen LogP contribution in [0.25, 0.3) is 0 Å². The molecule has 1 aromatic carbocycles. The summed E-state index contributed by atoms with van der Waals surface area (Å²) in [5.41, 5.74) is 3.58. The van der Waals surface area contributed by atoms with Gasteiger partial charge in [0.25, 0.3) is 0 Å². The van der Waals surface area contributed by atoms with Crippen LogP contribution in [0.2, 0.25) is 0 Å². The van der Waals surface area contributed by atoms with Gasteiger partial charge in [0.05, 0.1) is 25.9 Å². The van der Waals surface area contributed by atoms with E-state index in [-0.39, 0.29) is 17.6 Å². The van der Waals surface area contributed by atoms with E-state index in [0.29, 0.717) is 26.3 Å². The molecule has 0 aromatic heterocycles. The minimum absolute atomic E-state index is 0.102. The first-order valence-corrected chi connectivity index (χ1v) is 9.25. The molecular weight excluding hydrogens is 316 g/mol. The van der Waals surface area contributed by atoms with E-state index < -0.39 is 0 Å². The van der Waals surface area contributed by atoms with E-state index in [9.17, 15) is 4.79 Å². The van der Waals surface area contributed by atoms with Gasteiger partial charge in [-0.15, -0.1) is 0 Å². The summed E-state index contributed by atoms with van der Waals surface area (Å²) in [6, 6.07) is 6.64. The first-order chi connectivity index (χ1) is 12.0. The van der Waals surface area contributed by atoms with Crippen LogP contribution in [0, 0.1) is 13.8 Å². The predicted molar refractivity (Wildman–Crippen MR) is 97.5 cm³/mol. The Morgan fingerprint density at radius 2 is 2.08 bits per heavy atom. The number of benzene rings is 1. The van der Waals surface area contributed by atoms with Gasteiger partial charge in [0.15, 0.2) is 0 Å². The van der Waals surface area contributed by atoms with E-state index >= 15 is 0 Å². The molecule has 2 saturated heterocycles. The van der Waals surface area contributed by atoms with Gasteiger partial charge in [-0.2, -0.15) is 0 Å². The second kappa shape index (κ2) is 7.85. The molecule has 1 N–H and O–H groups in total. The van der Waals surface area contributed by atoms with Gasteiger partial charge in [0.2, 0.25) is 5.91 Å². The Morgan fingerprint density at radius 3 is 2.80 bits per heavy atom. The molecule has 2 heterocycles. The largest absolute Gasteiger partial charge is 0.377 e. The highest BCUT2D eigenvalue weighted by Gasteiger charge is 2.43. The van der Waals surface area contributed by atoms with Crippen LogP contribution in [0.5, 0.6) is 0 Å². The van der Waals surface area contributed by atoms with E-state index in [4.69, 9.17) is 9.47 Å². The zero-order valence-corrected chi connectivity index (χ0v) is 15.6. The Bertz CT molecular complexity index is 599. The minimum Gasteiger partial charge on any atom is -0.377 e. The third-order valence-corrected chi connectivity index (χ3v) is 5.12. The SMILES string of the molecule is CC(=O)N1CCOC[C@]2(CC[C@H](CNCc3cc(C)cc(C)c3)O2)C1. The van der Waals surface area contributed by atoms with Gasteiger partial charge in [0.1, 0.15) is 5.60 Å². The second-order valence-corrected chi connectivity index (χ2v) is 7.58. The highest BCUT2D eigenvalue weighted by molar-refractivity contribution is 5.73. The van der Waals surface area contributed by atoms with Gasteiger partial charge in [-0.3, -0.25) is 4.79 Å². The molecule has 0 unspecified atom stereocenters. The summed E-state index contributed by atoms with van der Waals surface area (Å²) in [5, 5.41) is 3.52. The Labute approximate surface area is 150 Å². The molecule has 1 spiro atoms. The molecule has 1 amide bonds. The number of hydrogen-bond acceptors (Lipinski definition) is 4. The summed E-state index contributed by atoms with van der Waals surface area (Å²) in [7, 11) is 0. The van der Waals surface area contributed by atoms with Crippen LogP contribution < -0.4 is 5.32 Å². The van der Waals surface area contributed by atoms with Crippen molar-refractivity contribution in [3.8, 4) is 0 Å². The van der Waals surface area contributed by atoms with Gasteiger partial charge in [-0.05, 0) is 32.3 Å². The van der Waals surface area contributed by atoms with Crippen molar-refractivity contribution in [1.29, 1.82) is 0 Å². The van der Waals surface area contributed by atoms with Crippen molar-refractivity contribution in [2.75, 3.05) is 32.8 Å². The maximum atomic E-state index is 11.8. The number of carbonyl (C=O) groups excluding carboxylic acids is 1. The van der Waals surface area contributed by atoms with Crippen LogP contribution in [0.3, 0.4) is 0 Å². The lowest BCUT2D eigenvalue weighted by Crippen LogP contribution is -2.46. The quantitative estimate of drug-likeness (QED) is 0.908. The van der Waals surface area contributed by atoms with Crippen LogP contribution in [-0.4, -0.2) is 55.4 Å². The maximum absolute atomic E-state index is 11.8. The van der Waals surface area contributed by atoms with Crippen molar-refractivity contribution in [2.24, 2.45) is 0 Å². The van der Waals surface area contributed by atoms with E-state index in [1.54, 1.807) is 6.92 Å². The first-order valence-electron chi connectivity index (χ1n) is 9.25. The van der Waals surface area contributed by atoms with E-state index in [1.807, 2.05) is 4.90 Å². The Morgan fingerprint density at radius 1 is 1.32 bits per heavy atom. The molecule has 5 heteroatoms. The summed E-state index contributed by atoms with van der Waals surface area (Å²) >= 11 is 0. The number of nitrogens with one attached hydrogen (secondary N) is 1. The van der Waals surface area contributed by atoms with Gasteiger partial charge in [-0.25, -0.2) is 0 Å². The van der Waals surface area contributed by atoms with E-state index in [1.165, 1.54) is 16.7 Å². The zero-order valence-electron chi connectivity index (χ0n) is 15.6. The average Bonchev–Trinajstić information content (AvgIpc) is 2.79. The molecule has 5 nitrogen and oxygen atoms in total. The highest BCUT2D eigenvalue weighted by Crippen LogP contribution is 2.32. The van der Waals surface area contributed by atoms with E-state index in [0.717, 1.165) is 25.9 Å². The normalized spacial score (nSPS) is 26.8. The average molecular weight is 346 g/mol. The first kappa shape index (κ1) is 18.4. The molecule has 1 aromatic rings. The molecule has 0 bridgehead atoms. The fourth-order valence-electron chi connectivity index (χ4n) is 3.98. The summed E-state index contributed by atoms with van der Waals surface area (Å²) in [6.45, 7) is 10.1. The fraction of sp³-hybridized carbons (Fsp3) is 0.650. The number of ether oxygens (including phenoxy) is 2. The third-order valence-electron chi connectivity index (χ3n) is 5.12. The number of rotatable bonds is 4. The molecule has 138 valence electrons. The number of nitrogens with zero attached hydrogens (tertiary/aromatic N) is 1. The van der Waals surface area contributed by atoms with Gasteiger partial charge >= 0.3 is 0 Å². The van der Waals surface area contributed by atoms with Crippen LogP contribution in [0.15, 0.2) is 18.2 Å².